The van der Waals surface area contributed by atoms with Crippen LogP contribution in [0.1, 0.15) is 17.5 Å². The number of carbonyl (C=O) groups excluding carboxylic acids is 1. The molecule has 1 heterocycles. The van der Waals surface area contributed by atoms with Crippen molar-refractivity contribution in [3.63, 3.8) is 0 Å². The van der Waals surface area contributed by atoms with Crippen LogP contribution in [0.5, 0.6) is 0 Å². The molecule has 1 amide bonds. The number of rotatable bonds is 4. The topological polar surface area (TPSA) is 66.8 Å². The van der Waals surface area contributed by atoms with Gasteiger partial charge in [0.25, 0.3) is 0 Å². The summed E-state index contributed by atoms with van der Waals surface area (Å²) in [5, 5.41) is 8.91. The monoisotopic (exact) mass is 277 g/mol. The highest BCUT2D eigenvalue weighted by molar-refractivity contribution is 5.78. The lowest BCUT2D eigenvalue weighted by atomic mass is 10.1. The first-order chi connectivity index (χ1) is 9.56. The van der Waals surface area contributed by atoms with Gasteiger partial charge in [-0.25, -0.2) is 4.79 Å². The average molecular weight is 277 g/mol. The Balaban J connectivity index is 1.85. The molecule has 20 heavy (non-hydrogen) atoms. The summed E-state index contributed by atoms with van der Waals surface area (Å²) >= 11 is 0. The van der Waals surface area contributed by atoms with Crippen LogP contribution in [0.4, 0.5) is 0 Å². The number of morpholine rings is 1. The van der Waals surface area contributed by atoms with E-state index >= 15 is 0 Å². The van der Waals surface area contributed by atoms with Crippen molar-refractivity contribution in [1.29, 1.82) is 0 Å². The Labute approximate surface area is 118 Å². The molecule has 1 aromatic carbocycles. The van der Waals surface area contributed by atoms with E-state index < -0.39 is 12.1 Å². The third-order valence-corrected chi connectivity index (χ3v) is 3.44. The summed E-state index contributed by atoms with van der Waals surface area (Å²) in [7, 11) is 0. The van der Waals surface area contributed by atoms with E-state index in [1.807, 2.05) is 31.2 Å². The Bertz CT molecular complexity index is 483. The van der Waals surface area contributed by atoms with Crippen molar-refractivity contribution in [3.8, 4) is 0 Å². The molecule has 1 unspecified atom stereocenters. The fraction of sp³-hybridized carbons (Fsp3) is 0.467. The van der Waals surface area contributed by atoms with Crippen LogP contribution in [0, 0.1) is 6.92 Å². The molecule has 1 aromatic rings. The van der Waals surface area contributed by atoms with E-state index in [1.54, 1.807) is 4.90 Å². The Kier molecular flexibility index (Phi) is 4.74. The van der Waals surface area contributed by atoms with Crippen molar-refractivity contribution in [2.24, 2.45) is 0 Å². The van der Waals surface area contributed by atoms with Gasteiger partial charge in [0.2, 0.25) is 5.91 Å². The summed E-state index contributed by atoms with van der Waals surface area (Å²) in [5.41, 5.74) is 2.31. The van der Waals surface area contributed by atoms with E-state index in [1.165, 1.54) is 5.56 Å². The second-order valence-electron chi connectivity index (χ2n) is 5.02. The lowest BCUT2D eigenvalue weighted by molar-refractivity contribution is -0.159. The number of carboxylic acid groups (broad SMARTS) is 1. The van der Waals surface area contributed by atoms with Crippen molar-refractivity contribution in [2.45, 2.75) is 25.9 Å². The SMILES string of the molecule is Cc1ccc(CCC(=O)N2CCOC(C(=O)O)C2)cc1. The number of carboxylic acids is 1. The van der Waals surface area contributed by atoms with Crippen LogP contribution in [0.3, 0.4) is 0 Å². The summed E-state index contributed by atoms with van der Waals surface area (Å²) in [6, 6.07) is 8.08. The number of hydrogen-bond donors (Lipinski definition) is 1. The van der Waals surface area contributed by atoms with Gasteiger partial charge in [0, 0.05) is 13.0 Å². The zero-order valence-electron chi connectivity index (χ0n) is 11.5. The fourth-order valence-corrected chi connectivity index (χ4v) is 2.19. The highest BCUT2D eigenvalue weighted by Gasteiger charge is 2.28. The van der Waals surface area contributed by atoms with Gasteiger partial charge in [0.1, 0.15) is 0 Å². The van der Waals surface area contributed by atoms with E-state index in [0.29, 0.717) is 19.4 Å². The van der Waals surface area contributed by atoms with Crippen LogP contribution < -0.4 is 0 Å². The molecule has 0 radical (unpaired) electrons. The van der Waals surface area contributed by atoms with Crippen molar-refractivity contribution < 1.29 is 19.4 Å². The van der Waals surface area contributed by atoms with Crippen molar-refractivity contribution in [3.05, 3.63) is 35.4 Å². The predicted molar refractivity (Wildman–Crippen MR) is 73.5 cm³/mol. The second kappa shape index (κ2) is 6.52. The van der Waals surface area contributed by atoms with Crippen LogP contribution in [-0.4, -0.2) is 47.7 Å². The Morgan fingerprint density at radius 2 is 2.05 bits per heavy atom. The first kappa shape index (κ1) is 14.5. The summed E-state index contributed by atoms with van der Waals surface area (Å²) in [4.78, 5) is 24.5. The molecule has 108 valence electrons. The van der Waals surface area contributed by atoms with Crippen molar-refractivity contribution in [2.75, 3.05) is 19.7 Å². The number of aliphatic carboxylic acids is 1. The van der Waals surface area contributed by atoms with E-state index in [4.69, 9.17) is 9.84 Å². The first-order valence-corrected chi connectivity index (χ1v) is 6.74. The first-order valence-electron chi connectivity index (χ1n) is 6.74. The van der Waals surface area contributed by atoms with E-state index in [0.717, 1.165) is 5.56 Å². The highest BCUT2D eigenvalue weighted by atomic mass is 16.5. The molecular formula is C15H19NO4. The van der Waals surface area contributed by atoms with Crippen LogP contribution in [0.25, 0.3) is 0 Å². The number of benzene rings is 1. The molecule has 2 rings (SSSR count). The van der Waals surface area contributed by atoms with Crippen LogP contribution in [0.15, 0.2) is 24.3 Å². The average Bonchev–Trinajstić information content (AvgIpc) is 2.46. The van der Waals surface area contributed by atoms with Crippen LogP contribution >= 0.6 is 0 Å². The van der Waals surface area contributed by atoms with Gasteiger partial charge in [0.15, 0.2) is 6.10 Å². The summed E-state index contributed by atoms with van der Waals surface area (Å²) in [5.74, 6) is -1.03. The molecular weight excluding hydrogens is 258 g/mol. The Morgan fingerprint density at radius 1 is 1.35 bits per heavy atom. The quantitative estimate of drug-likeness (QED) is 0.899. The second-order valence-corrected chi connectivity index (χ2v) is 5.02. The van der Waals surface area contributed by atoms with Gasteiger partial charge in [-0.1, -0.05) is 29.8 Å². The van der Waals surface area contributed by atoms with Gasteiger partial charge < -0.3 is 14.7 Å². The maximum Gasteiger partial charge on any atom is 0.334 e. The fourth-order valence-electron chi connectivity index (χ4n) is 2.19. The maximum atomic E-state index is 12.1. The van der Waals surface area contributed by atoms with Crippen LogP contribution in [0.2, 0.25) is 0 Å². The number of ether oxygens (including phenoxy) is 1. The smallest absolute Gasteiger partial charge is 0.334 e. The predicted octanol–water partition coefficient (Wildman–Crippen LogP) is 1.24. The van der Waals surface area contributed by atoms with E-state index in [2.05, 4.69) is 0 Å². The van der Waals surface area contributed by atoms with Gasteiger partial charge in [-0.05, 0) is 18.9 Å². The zero-order chi connectivity index (χ0) is 14.5. The van der Waals surface area contributed by atoms with E-state index in [-0.39, 0.29) is 19.1 Å². The number of nitrogens with zero attached hydrogens (tertiary/aromatic N) is 1. The normalized spacial score (nSPS) is 18.9. The molecule has 1 atom stereocenters. The molecule has 1 fully saturated rings. The molecule has 1 aliphatic rings. The minimum absolute atomic E-state index is 0.0138. The minimum atomic E-state index is -1.01. The molecule has 0 spiro atoms. The Hall–Kier alpha value is -1.88. The van der Waals surface area contributed by atoms with Crippen molar-refractivity contribution in [1.82, 2.24) is 4.90 Å². The number of aryl methyl sites for hydroxylation is 2. The van der Waals surface area contributed by atoms with Gasteiger partial charge in [-0.15, -0.1) is 0 Å². The Morgan fingerprint density at radius 3 is 2.70 bits per heavy atom. The molecule has 1 saturated heterocycles. The van der Waals surface area contributed by atoms with Crippen molar-refractivity contribution >= 4 is 11.9 Å². The molecule has 5 nitrogen and oxygen atoms in total. The summed E-state index contributed by atoms with van der Waals surface area (Å²) < 4.78 is 5.10. The minimum Gasteiger partial charge on any atom is -0.479 e. The van der Waals surface area contributed by atoms with Gasteiger partial charge in [-0.3, -0.25) is 4.79 Å². The van der Waals surface area contributed by atoms with E-state index in [9.17, 15) is 9.59 Å². The van der Waals surface area contributed by atoms with Gasteiger partial charge in [-0.2, -0.15) is 0 Å². The standard InChI is InChI=1S/C15H19NO4/c1-11-2-4-12(5-3-11)6-7-14(17)16-8-9-20-13(10-16)15(18)19/h2-5,13H,6-10H2,1H3,(H,18,19). The largest absolute Gasteiger partial charge is 0.479 e. The lowest BCUT2D eigenvalue weighted by Crippen LogP contribution is -2.48. The maximum absolute atomic E-state index is 12.1. The lowest BCUT2D eigenvalue weighted by Gasteiger charge is -2.31. The molecule has 1 aliphatic heterocycles. The highest BCUT2D eigenvalue weighted by Crippen LogP contribution is 2.10. The molecule has 0 aromatic heterocycles. The molecule has 0 bridgehead atoms. The summed E-state index contributed by atoms with van der Waals surface area (Å²) in [6.45, 7) is 2.92. The zero-order valence-corrected chi connectivity index (χ0v) is 11.5. The number of hydrogen-bond acceptors (Lipinski definition) is 3. The van der Waals surface area contributed by atoms with Gasteiger partial charge in [0.05, 0.1) is 13.2 Å². The van der Waals surface area contributed by atoms with Gasteiger partial charge >= 0.3 is 5.97 Å². The van der Waals surface area contributed by atoms with Crippen LogP contribution in [-0.2, 0) is 20.7 Å². The molecule has 5 heteroatoms. The molecule has 1 N–H and O–H groups in total. The third kappa shape index (κ3) is 3.81. The number of amides is 1. The molecule has 0 aliphatic carbocycles. The number of carbonyl (C=O) groups is 2. The molecule has 0 saturated carbocycles. The third-order valence-electron chi connectivity index (χ3n) is 3.44. The summed E-state index contributed by atoms with van der Waals surface area (Å²) in [6.07, 6.45) is 0.177.